The number of H-pyrrole nitrogens is 2. The first-order valence-electron chi connectivity index (χ1n) is 10.2. The number of nitrogens with one attached hydrogen (secondary N) is 2. The second-order valence-corrected chi connectivity index (χ2v) is 8.73. The quantitative estimate of drug-likeness (QED) is 0.148. The SMILES string of the molecule is C1=CCCC1.O=C1OC(=O)c2c1c1c3ccccc3[nH]c1c1[nH]c3ccc(Br)cc3c21. The largest absolute Gasteiger partial charge is 0.386 e. The molecule has 152 valence electrons. The van der Waals surface area contributed by atoms with Gasteiger partial charge < -0.3 is 14.7 Å². The molecule has 5 aromatic rings. The van der Waals surface area contributed by atoms with Gasteiger partial charge in [-0.05, 0) is 43.5 Å². The Kier molecular flexibility index (Phi) is 4.05. The lowest BCUT2D eigenvalue weighted by Gasteiger charge is -2.01. The molecule has 1 aliphatic carbocycles. The van der Waals surface area contributed by atoms with Gasteiger partial charge in [0.1, 0.15) is 0 Å². The van der Waals surface area contributed by atoms with Gasteiger partial charge in [-0.15, -0.1) is 0 Å². The molecule has 3 heterocycles. The van der Waals surface area contributed by atoms with Gasteiger partial charge in [-0.3, -0.25) is 0 Å². The van der Waals surface area contributed by atoms with E-state index in [9.17, 15) is 9.59 Å². The number of aromatic nitrogens is 2. The van der Waals surface area contributed by atoms with Crippen molar-refractivity contribution in [2.75, 3.05) is 0 Å². The van der Waals surface area contributed by atoms with Crippen molar-refractivity contribution in [3.05, 3.63) is 70.2 Å². The number of allylic oxidation sites excluding steroid dienone is 2. The van der Waals surface area contributed by atoms with Crippen molar-refractivity contribution in [1.82, 2.24) is 9.97 Å². The van der Waals surface area contributed by atoms with Gasteiger partial charge in [0.05, 0.1) is 22.2 Å². The van der Waals surface area contributed by atoms with Crippen LogP contribution in [0.5, 0.6) is 0 Å². The molecule has 0 unspecified atom stereocenters. The number of benzene rings is 3. The number of aromatic amines is 2. The summed E-state index contributed by atoms with van der Waals surface area (Å²) in [6.45, 7) is 0. The van der Waals surface area contributed by atoms with E-state index in [1.165, 1.54) is 19.3 Å². The van der Waals surface area contributed by atoms with Crippen LogP contribution in [0.1, 0.15) is 40.0 Å². The molecule has 0 atom stereocenters. The van der Waals surface area contributed by atoms with Crippen LogP contribution in [0.3, 0.4) is 0 Å². The molecule has 2 aliphatic rings. The number of para-hydroxylation sites is 1. The summed E-state index contributed by atoms with van der Waals surface area (Å²) < 4.78 is 5.89. The minimum Gasteiger partial charge on any atom is -0.386 e. The standard InChI is InChI=1S/C20H9BrN2O3.C5H8/c21-8-5-6-12-10(7-8)14-16-15(19(24)26-20(16)25)13-9-3-1-2-4-11(9)22-17(13)18(14)23-12;1-2-4-5-3-1/h1-7,22-23H;1-2H,3-5H2. The van der Waals surface area contributed by atoms with Crippen LogP contribution in [0.2, 0.25) is 0 Å². The molecule has 2 N–H and O–H groups in total. The predicted molar refractivity (Wildman–Crippen MR) is 126 cm³/mol. The minimum atomic E-state index is -0.594. The average Bonchev–Trinajstić information content (AvgIpc) is 3.54. The third kappa shape index (κ3) is 2.68. The number of hydrogen-bond donors (Lipinski definition) is 2. The van der Waals surface area contributed by atoms with Gasteiger partial charge in [-0.2, -0.15) is 0 Å². The first-order chi connectivity index (χ1) is 15.1. The molecule has 0 bridgehead atoms. The summed E-state index contributed by atoms with van der Waals surface area (Å²) in [5.74, 6) is -1.19. The zero-order valence-electron chi connectivity index (χ0n) is 16.4. The number of hydrogen-bond acceptors (Lipinski definition) is 3. The topological polar surface area (TPSA) is 75.0 Å². The highest BCUT2D eigenvalue weighted by Crippen LogP contribution is 2.43. The molecule has 7 rings (SSSR count). The number of halogens is 1. The molecule has 0 saturated heterocycles. The fraction of sp³-hybridized carbons (Fsp3) is 0.120. The number of ether oxygens (including phenoxy) is 1. The third-order valence-electron chi connectivity index (χ3n) is 5.97. The van der Waals surface area contributed by atoms with Crippen LogP contribution in [-0.2, 0) is 4.74 Å². The normalized spacial score (nSPS) is 15.1. The van der Waals surface area contributed by atoms with Crippen molar-refractivity contribution in [3.63, 3.8) is 0 Å². The van der Waals surface area contributed by atoms with Crippen molar-refractivity contribution >= 4 is 71.5 Å². The monoisotopic (exact) mass is 472 g/mol. The number of cyclic esters (lactones) is 2. The molecule has 5 nitrogen and oxygen atoms in total. The van der Waals surface area contributed by atoms with Crippen molar-refractivity contribution in [1.29, 1.82) is 0 Å². The van der Waals surface area contributed by atoms with E-state index in [4.69, 9.17) is 4.74 Å². The van der Waals surface area contributed by atoms with E-state index < -0.39 is 11.9 Å². The summed E-state index contributed by atoms with van der Waals surface area (Å²) in [6, 6.07) is 13.6. The molecule has 0 radical (unpaired) electrons. The van der Waals surface area contributed by atoms with Gasteiger partial charge in [0.2, 0.25) is 0 Å². The van der Waals surface area contributed by atoms with E-state index in [-0.39, 0.29) is 0 Å². The highest BCUT2D eigenvalue weighted by atomic mass is 79.9. The maximum Gasteiger partial charge on any atom is 0.347 e. The van der Waals surface area contributed by atoms with E-state index in [2.05, 4.69) is 38.0 Å². The minimum absolute atomic E-state index is 0.339. The molecule has 3 aromatic carbocycles. The Morgan fingerprint density at radius 3 is 2.03 bits per heavy atom. The van der Waals surface area contributed by atoms with E-state index >= 15 is 0 Å². The summed E-state index contributed by atoms with van der Waals surface area (Å²) in [5.41, 5.74) is 4.09. The van der Waals surface area contributed by atoms with Crippen molar-refractivity contribution < 1.29 is 14.3 Å². The molecule has 1 aliphatic heterocycles. The Morgan fingerprint density at radius 2 is 1.39 bits per heavy atom. The summed E-state index contributed by atoms with van der Waals surface area (Å²) in [6.07, 6.45) is 8.50. The van der Waals surface area contributed by atoms with E-state index in [0.717, 1.165) is 42.7 Å². The fourth-order valence-corrected chi connectivity index (χ4v) is 5.00. The first kappa shape index (κ1) is 18.4. The summed E-state index contributed by atoms with van der Waals surface area (Å²) in [7, 11) is 0. The molecule has 0 fully saturated rings. The van der Waals surface area contributed by atoms with Crippen LogP contribution < -0.4 is 0 Å². The van der Waals surface area contributed by atoms with Crippen LogP contribution >= 0.6 is 15.9 Å². The molecule has 31 heavy (non-hydrogen) atoms. The second-order valence-electron chi connectivity index (χ2n) is 7.81. The lowest BCUT2D eigenvalue weighted by molar-refractivity contribution is 0.0445. The van der Waals surface area contributed by atoms with Gasteiger partial charge >= 0.3 is 11.9 Å². The number of carbonyl (C=O) groups is 2. The third-order valence-corrected chi connectivity index (χ3v) is 6.46. The van der Waals surface area contributed by atoms with Gasteiger partial charge in [0, 0.05) is 37.1 Å². The molecule has 0 spiro atoms. The Labute approximate surface area is 185 Å². The smallest absolute Gasteiger partial charge is 0.347 e. The molecular formula is C25H17BrN2O3. The Balaban J connectivity index is 0.000000329. The van der Waals surface area contributed by atoms with E-state index in [1.807, 2.05) is 42.5 Å². The van der Waals surface area contributed by atoms with Crippen molar-refractivity contribution in [2.45, 2.75) is 19.3 Å². The Hall–Kier alpha value is -3.38. The van der Waals surface area contributed by atoms with Crippen molar-refractivity contribution in [2.24, 2.45) is 0 Å². The van der Waals surface area contributed by atoms with Crippen molar-refractivity contribution in [3.8, 4) is 0 Å². The van der Waals surface area contributed by atoms with Gasteiger partial charge in [-0.25, -0.2) is 9.59 Å². The Bertz CT molecular complexity index is 1580. The fourth-order valence-electron chi connectivity index (χ4n) is 4.63. The number of esters is 2. The van der Waals surface area contributed by atoms with Crippen LogP contribution in [-0.4, -0.2) is 21.9 Å². The predicted octanol–water partition coefficient (Wildman–Crippen LogP) is 6.76. The first-order valence-corrected chi connectivity index (χ1v) is 11.0. The number of fused-ring (bicyclic) bond motifs is 10. The highest BCUT2D eigenvalue weighted by Gasteiger charge is 2.37. The van der Waals surface area contributed by atoms with E-state index in [1.54, 1.807) is 0 Å². The highest BCUT2D eigenvalue weighted by molar-refractivity contribution is 9.10. The van der Waals surface area contributed by atoms with Gasteiger partial charge in [0.15, 0.2) is 0 Å². The lowest BCUT2D eigenvalue weighted by Crippen LogP contribution is -1.97. The van der Waals surface area contributed by atoms with Gasteiger partial charge in [-0.1, -0.05) is 46.3 Å². The van der Waals surface area contributed by atoms with Crippen LogP contribution in [0.4, 0.5) is 0 Å². The summed E-state index contributed by atoms with van der Waals surface area (Å²) >= 11 is 3.48. The zero-order valence-corrected chi connectivity index (χ0v) is 18.0. The molecular weight excluding hydrogens is 456 g/mol. The number of rotatable bonds is 0. The number of carbonyl (C=O) groups excluding carboxylic acids is 2. The molecule has 0 saturated carbocycles. The average molecular weight is 473 g/mol. The van der Waals surface area contributed by atoms with Gasteiger partial charge in [0.25, 0.3) is 0 Å². The molecule has 2 aromatic heterocycles. The zero-order chi connectivity index (χ0) is 21.1. The van der Waals surface area contributed by atoms with E-state index in [0.29, 0.717) is 16.5 Å². The van der Waals surface area contributed by atoms with Crippen LogP contribution in [0.15, 0.2) is 59.1 Å². The van der Waals surface area contributed by atoms with Crippen LogP contribution in [0.25, 0.3) is 43.6 Å². The lowest BCUT2D eigenvalue weighted by atomic mass is 9.97. The maximum absolute atomic E-state index is 12.5. The summed E-state index contributed by atoms with van der Waals surface area (Å²) in [5, 5.41) is 3.21. The maximum atomic E-state index is 12.5. The second kappa shape index (κ2) is 6.82. The molecule has 6 heteroatoms. The Morgan fingerprint density at radius 1 is 0.774 bits per heavy atom. The summed E-state index contributed by atoms with van der Waals surface area (Å²) in [4.78, 5) is 31.9. The molecule has 0 amide bonds. The van der Waals surface area contributed by atoms with Crippen LogP contribution in [0, 0.1) is 0 Å².